The van der Waals surface area contributed by atoms with Gasteiger partial charge in [-0.3, -0.25) is 15.0 Å². The summed E-state index contributed by atoms with van der Waals surface area (Å²) in [6.07, 6.45) is 3.82. The summed E-state index contributed by atoms with van der Waals surface area (Å²) in [6, 6.07) is 6.63. The van der Waals surface area contributed by atoms with Gasteiger partial charge in [0.2, 0.25) is 5.43 Å². The number of nitrogens with one attached hydrogen (secondary N) is 2. The molecule has 2 fully saturated rings. The van der Waals surface area contributed by atoms with Crippen molar-refractivity contribution in [2.45, 2.75) is 43.9 Å². The molecule has 5 rings (SSSR count). The molecule has 208 valence electrons. The van der Waals surface area contributed by atoms with Crippen molar-refractivity contribution in [2.24, 2.45) is 0 Å². The number of rotatable bonds is 9. The number of halogens is 4. The minimum Gasteiger partial charge on any atom is -0.491 e. The summed E-state index contributed by atoms with van der Waals surface area (Å²) in [5, 5.41) is 15.2. The fourth-order valence-electron chi connectivity index (χ4n) is 4.66. The van der Waals surface area contributed by atoms with Crippen molar-refractivity contribution in [1.29, 1.82) is 0 Å². The van der Waals surface area contributed by atoms with Crippen molar-refractivity contribution in [3.8, 4) is 5.75 Å². The number of piperidine rings is 1. The molecule has 1 aliphatic heterocycles. The molecule has 1 aromatic heterocycles. The molecule has 0 radical (unpaired) electrons. The second-order valence-corrected chi connectivity index (χ2v) is 10.7. The molecule has 8 nitrogen and oxygen atoms in total. The van der Waals surface area contributed by atoms with E-state index in [4.69, 9.17) is 27.9 Å². The van der Waals surface area contributed by atoms with Crippen LogP contribution >= 0.6 is 23.2 Å². The van der Waals surface area contributed by atoms with Gasteiger partial charge in [0, 0.05) is 49.4 Å². The molecule has 1 saturated heterocycles. The Kier molecular flexibility index (Phi) is 8.39. The lowest BCUT2D eigenvalue weighted by atomic mass is 10.0. The number of benzene rings is 2. The first-order valence-corrected chi connectivity index (χ1v) is 13.5. The number of carbonyl (C=O) groups is 1. The van der Waals surface area contributed by atoms with Crippen LogP contribution < -0.4 is 20.9 Å². The van der Waals surface area contributed by atoms with E-state index in [1.165, 1.54) is 18.2 Å². The maximum Gasteiger partial charge on any atom is 0.256 e. The molecular formula is C27H28Cl2F2N4O4. The Hall–Kier alpha value is -2.76. The van der Waals surface area contributed by atoms with E-state index in [0.717, 1.165) is 25.0 Å². The number of aromatic nitrogens is 1. The van der Waals surface area contributed by atoms with Crippen LogP contribution in [-0.4, -0.2) is 59.0 Å². The highest BCUT2D eigenvalue weighted by atomic mass is 35.5. The molecule has 2 aliphatic rings. The molecular weight excluding hydrogens is 553 g/mol. The van der Waals surface area contributed by atoms with E-state index in [9.17, 15) is 23.5 Å². The molecule has 1 saturated carbocycles. The molecule has 1 aliphatic carbocycles. The Morgan fingerprint density at radius 3 is 2.49 bits per heavy atom. The van der Waals surface area contributed by atoms with Crippen molar-refractivity contribution in [3.63, 3.8) is 0 Å². The van der Waals surface area contributed by atoms with Gasteiger partial charge in [0.15, 0.2) is 0 Å². The lowest BCUT2D eigenvalue weighted by molar-refractivity contribution is 0.0624. The maximum atomic E-state index is 14.1. The van der Waals surface area contributed by atoms with Crippen molar-refractivity contribution in [3.05, 3.63) is 74.0 Å². The van der Waals surface area contributed by atoms with Gasteiger partial charge in [0.1, 0.15) is 35.7 Å². The smallest absolute Gasteiger partial charge is 0.256 e. The number of amides is 1. The average molecular weight is 581 g/mol. The lowest BCUT2D eigenvalue weighted by Crippen LogP contribution is -2.51. The number of aliphatic hydroxyl groups is 1. The summed E-state index contributed by atoms with van der Waals surface area (Å²) >= 11 is 11.6. The Bertz CT molecular complexity index is 1440. The van der Waals surface area contributed by atoms with Gasteiger partial charge in [-0.2, -0.15) is 0 Å². The van der Waals surface area contributed by atoms with Crippen molar-refractivity contribution in [1.82, 2.24) is 20.3 Å². The number of ether oxygens (including phenoxy) is 1. The van der Waals surface area contributed by atoms with E-state index in [0.29, 0.717) is 31.4 Å². The SMILES string of the molecule is O=C(NC1CCN(NC[C@H](O)COc2ccc(Cl)c(F)c2)CC1)c1cn(C2CC2)c2cc(Cl)c(F)cc2c1=O. The first kappa shape index (κ1) is 27.8. The third kappa shape index (κ3) is 6.53. The number of hydrogen-bond donors (Lipinski definition) is 3. The average Bonchev–Trinajstić information content (AvgIpc) is 3.76. The molecule has 2 aromatic carbocycles. The molecule has 2 heterocycles. The minimum absolute atomic E-state index is 0.00228. The van der Waals surface area contributed by atoms with Gasteiger partial charge in [-0.15, -0.1) is 0 Å². The summed E-state index contributed by atoms with van der Waals surface area (Å²) in [6.45, 7) is 1.41. The summed E-state index contributed by atoms with van der Waals surface area (Å²) in [4.78, 5) is 26.2. The monoisotopic (exact) mass is 580 g/mol. The van der Waals surface area contributed by atoms with Gasteiger partial charge in [0.05, 0.1) is 15.6 Å². The second kappa shape index (κ2) is 11.8. The first-order chi connectivity index (χ1) is 18.7. The largest absolute Gasteiger partial charge is 0.491 e. The van der Waals surface area contributed by atoms with Crippen LogP contribution in [0.2, 0.25) is 10.0 Å². The van der Waals surface area contributed by atoms with Crippen LogP contribution in [0.15, 0.2) is 41.3 Å². The maximum absolute atomic E-state index is 14.1. The van der Waals surface area contributed by atoms with Crippen molar-refractivity contribution < 1.29 is 23.4 Å². The number of hydrogen-bond acceptors (Lipinski definition) is 6. The lowest BCUT2D eigenvalue weighted by Gasteiger charge is -2.33. The van der Waals surface area contributed by atoms with E-state index in [2.05, 4.69) is 10.7 Å². The molecule has 0 spiro atoms. The van der Waals surface area contributed by atoms with Gasteiger partial charge in [0.25, 0.3) is 5.91 Å². The number of nitrogens with zero attached hydrogens (tertiary/aromatic N) is 2. The van der Waals surface area contributed by atoms with Crippen LogP contribution in [0.3, 0.4) is 0 Å². The number of aliphatic hydroxyl groups excluding tert-OH is 1. The van der Waals surface area contributed by atoms with Crippen LogP contribution in [0.25, 0.3) is 10.9 Å². The second-order valence-electron chi connectivity index (χ2n) is 9.93. The van der Waals surface area contributed by atoms with Gasteiger partial charge in [-0.25, -0.2) is 13.8 Å². The van der Waals surface area contributed by atoms with E-state index < -0.39 is 29.1 Å². The molecule has 0 unspecified atom stereocenters. The third-order valence-electron chi connectivity index (χ3n) is 6.97. The van der Waals surface area contributed by atoms with E-state index in [1.54, 1.807) is 6.20 Å². The quantitative estimate of drug-likeness (QED) is 0.353. The highest BCUT2D eigenvalue weighted by Gasteiger charge is 2.28. The third-order valence-corrected chi connectivity index (χ3v) is 7.57. The van der Waals surface area contributed by atoms with Gasteiger partial charge in [-0.1, -0.05) is 23.2 Å². The summed E-state index contributed by atoms with van der Waals surface area (Å²) < 4.78 is 34.9. The van der Waals surface area contributed by atoms with Gasteiger partial charge >= 0.3 is 0 Å². The zero-order valence-corrected chi connectivity index (χ0v) is 22.4. The van der Waals surface area contributed by atoms with E-state index >= 15 is 0 Å². The number of pyridine rings is 1. The predicted molar refractivity (Wildman–Crippen MR) is 144 cm³/mol. The van der Waals surface area contributed by atoms with Crippen LogP contribution in [0, 0.1) is 11.6 Å². The predicted octanol–water partition coefficient (Wildman–Crippen LogP) is 4.06. The van der Waals surface area contributed by atoms with Crippen molar-refractivity contribution >= 4 is 40.0 Å². The number of carbonyl (C=O) groups excluding carboxylic acids is 1. The molecule has 1 atom stereocenters. The highest BCUT2D eigenvalue weighted by molar-refractivity contribution is 6.31. The minimum atomic E-state index is -0.831. The normalized spacial score (nSPS) is 17.4. The van der Waals surface area contributed by atoms with Gasteiger partial charge < -0.3 is 19.7 Å². The molecule has 39 heavy (non-hydrogen) atoms. The van der Waals surface area contributed by atoms with Crippen LogP contribution in [0.1, 0.15) is 42.1 Å². The fourth-order valence-corrected chi connectivity index (χ4v) is 4.93. The van der Waals surface area contributed by atoms with Crippen LogP contribution in [0.5, 0.6) is 5.75 Å². The van der Waals surface area contributed by atoms with Crippen molar-refractivity contribution in [2.75, 3.05) is 26.2 Å². The fraction of sp³-hybridized carbons (Fsp3) is 0.407. The zero-order valence-electron chi connectivity index (χ0n) is 20.9. The summed E-state index contributed by atoms with van der Waals surface area (Å²) in [7, 11) is 0. The van der Waals surface area contributed by atoms with E-state index in [1.807, 2.05) is 9.58 Å². The van der Waals surface area contributed by atoms with Gasteiger partial charge in [-0.05, 0) is 49.9 Å². The first-order valence-electron chi connectivity index (χ1n) is 12.8. The molecule has 3 N–H and O–H groups in total. The summed E-state index contributed by atoms with van der Waals surface area (Å²) in [5.41, 5.74) is 3.14. The molecule has 12 heteroatoms. The Balaban J connectivity index is 1.13. The van der Waals surface area contributed by atoms with Crippen LogP contribution in [0.4, 0.5) is 8.78 Å². The highest BCUT2D eigenvalue weighted by Crippen LogP contribution is 2.37. The van der Waals surface area contributed by atoms with E-state index in [-0.39, 0.29) is 52.0 Å². The summed E-state index contributed by atoms with van der Waals surface area (Å²) in [5.74, 6) is -1.50. The Labute approximate surface area is 233 Å². The number of fused-ring (bicyclic) bond motifs is 1. The Morgan fingerprint density at radius 2 is 1.79 bits per heavy atom. The standard InChI is InChI=1S/C27H28Cl2F2N4O4/c28-21-4-3-18(9-23(21)30)39-14-17(36)12-32-34-7-5-15(6-8-34)33-27(38)20-13-35(16-1-2-16)25-11-22(29)24(31)10-19(25)26(20)37/h3-4,9-11,13,15-17,32,36H,1-2,5-8,12,14H2,(H,33,38)/t17-/m0/s1. The molecule has 0 bridgehead atoms. The Morgan fingerprint density at radius 1 is 1.08 bits per heavy atom. The zero-order chi connectivity index (χ0) is 27.7. The number of hydrazine groups is 1. The van der Waals surface area contributed by atoms with Crippen LogP contribution in [-0.2, 0) is 0 Å². The topological polar surface area (TPSA) is 95.8 Å². The molecule has 1 amide bonds. The molecule has 3 aromatic rings.